The van der Waals surface area contributed by atoms with Gasteiger partial charge in [-0.1, -0.05) is 93.6 Å². The molecule has 0 aliphatic heterocycles. The molecule has 0 radical (unpaired) electrons. The van der Waals surface area contributed by atoms with Gasteiger partial charge in [-0.05, 0) is 40.0 Å². The van der Waals surface area contributed by atoms with E-state index in [4.69, 9.17) is 0 Å². The van der Waals surface area contributed by atoms with Crippen molar-refractivity contribution in [2.75, 3.05) is 0 Å². The molecule has 0 aliphatic rings. The summed E-state index contributed by atoms with van der Waals surface area (Å²) in [7, 11) is -2.39. The molecular formula is C26H27FSi. The Bertz CT molecular complexity index is 919. The second-order valence-electron chi connectivity index (χ2n) is 8.27. The minimum absolute atomic E-state index is 0.00518. The van der Waals surface area contributed by atoms with Gasteiger partial charge >= 0.3 is 0 Å². The van der Waals surface area contributed by atoms with Crippen molar-refractivity contribution in [1.29, 1.82) is 0 Å². The third kappa shape index (κ3) is 3.95. The predicted octanol–water partition coefficient (Wildman–Crippen LogP) is 5.54. The minimum atomic E-state index is -2.39. The molecule has 0 fully saturated rings. The lowest BCUT2D eigenvalue weighted by molar-refractivity contribution is 0.627. The zero-order chi connectivity index (χ0) is 20.2. The Balaban J connectivity index is 2.19. The first kappa shape index (κ1) is 20.1. The van der Waals surface area contributed by atoms with E-state index in [0.717, 1.165) is 5.56 Å². The smallest absolute Gasteiger partial charge is 0.204 e. The lowest BCUT2D eigenvalue weighted by atomic mass is 10.0. The van der Waals surface area contributed by atoms with Gasteiger partial charge < -0.3 is 0 Å². The van der Waals surface area contributed by atoms with Crippen LogP contribution in [0.2, 0.25) is 5.04 Å². The average molecular weight is 387 g/mol. The molecular weight excluding hydrogens is 359 g/mol. The third-order valence-corrected chi connectivity index (χ3v) is 10.6. The van der Waals surface area contributed by atoms with Gasteiger partial charge in [0, 0.05) is 5.92 Å². The largest absolute Gasteiger partial charge is 0.207 e. The Morgan fingerprint density at radius 3 is 1.64 bits per heavy atom. The van der Waals surface area contributed by atoms with Crippen LogP contribution in [0.25, 0.3) is 0 Å². The Hall–Kier alpha value is -2.63. The maximum atomic E-state index is 13.3. The van der Waals surface area contributed by atoms with Crippen molar-refractivity contribution in [2.45, 2.75) is 38.7 Å². The van der Waals surface area contributed by atoms with Crippen molar-refractivity contribution in [3.8, 4) is 11.5 Å². The van der Waals surface area contributed by atoms with Gasteiger partial charge in [0.2, 0.25) is 8.07 Å². The molecule has 0 heterocycles. The molecule has 0 spiro atoms. The molecule has 0 saturated heterocycles. The van der Waals surface area contributed by atoms with E-state index >= 15 is 0 Å². The SMILES string of the molecule is C[C@H](C#C[Si](c1ccccc1)(c1ccccc1)C(C)(C)C)c1ccc(F)cc1. The Labute approximate surface area is 169 Å². The molecule has 3 rings (SSSR count). The van der Waals surface area contributed by atoms with Crippen LogP contribution in [0.3, 0.4) is 0 Å². The van der Waals surface area contributed by atoms with Crippen LogP contribution < -0.4 is 10.4 Å². The molecule has 0 bridgehead atoms. The summed E-state index contributed by atoms with van der Waals surface area (Å²) in [5, 5.41) is 2.66. The summed E-state index contributed by atoms with van der Waals surface area (Å²) in [5.74, 6) is 3.38. The van der Waals surface area contributed by atoms with Gasteiger partial charge in [-0.3, -0.25) is 0 Å². The number of rotatable bonds is 3. The summed E-state index contributed by atoms with van der Waals surface area (Å²) >= 11 is 0. The zero-order valence-electron chi connectivity index (χ0n) is 17.0. The van der Waals surface area contributed by atoms with Crippen LogP contribution >= 0.6 is 0 Å². The fourth-order valence-electron chi connectivity index (χ4n) is 3.79. The Kier molecular flexibility index (Phi) is 5.86. The molecule has 1 atom stereocenters. The van der Waals surface area contributed by atoms with Crippen molar-refractivity contribution in [3.63, 3.8) is 0 Å². The molecule has 142 valence electrons. The van der Waals surface area contributed by atoms with Gasteiger partial charge in [-0.15, -0.1) is 11.5 Å². The Morgan fingerprint density at radius 1 is 0.750 bits per heavy atom. The van der Waals surface area contributed by atoms with E-state index in [2.05, 4.69) is 99.8 Å². The van der Waals surface area contributed by atoms with E-state index in [9.17, 15) is 4.39 Å². The van der Waals surface area contributed by atoms with Gasteiger partial charge in [-0.25, -0.2) is 4.39 Å². The van der Waals surface area contributed by atoms with Crippen LogP contribution in [0.15, 0.2) is 84.9 Å². The molecule has 0 unspecified atom stereocenters. The summed E-state index contributed by atoms with van der Waals surface area (Å²) in [5.41, 5.74) is 4.86. The standard InChI is InChI=1S/C26H27FSi/c1-21(22-15-17-23(27)18-16-22)19-20-28(26(2,3)4,24-11-7-5-8-12-24)25-13-9-6-10-14-25/h5-18,21H,1-4H3/t21-/m1/s1. The van der Waals surface area contributed by atoms with Crippen molar-refractivity contribution >= 4 is 18.4 Å². The molecule has 0 amide bonds. The number of hydrogen-bond donors (Lipinski definition) is 0. The fourth-order valence-corrected chi connectivity index (χ4v) is 8.34. The maximum Gasteiger partial charge on any atom is 0.204 e. The fraction of sp³-hybridized carbons (Fsp3) is 0.231. The Morgan fingerprint density at radius 2 is 1.21 bits per heavy atom. The molecule has 3 aromatic rings. The summed E-state index contributed by atoms with van der Waals surface area (Å²) in [6.07, 6.45) is 0. The van der Waals surface area contributed by atoms with Gasteiger partial charge in [-0.2, -0.15) is 0 Å². The van der Waals surface area contributed by atoms with E-state index in [-0.39, 0.29) is 16.8 Å². The van der Waals surface area contributed by atoms with Crippen LogP contribution in [-0.2, 0) is 0 Å². The molecule has 0 N–H and O–H groups in total. The minimum Gasteiger partial charge on any atom is -0.207 e. The molecule has 0 aliphatic carbocycles. The molecule has 0 saturated carbocycles. The first-order chi connectivity index (χ1) is 13.3. The summed E-state index contributed by atoms with van der Waals surface area (Å²) in [4.78, 5) is 0. The average Bonchev–Trinajstić information content (AvgIpc) is 2.69. The topological polar surface area (TPSA) is 0 Å². The normalized spacial score (nSPS) is 12.8. The first-order valence-corrected chi connectivity index (χ1v) is 11.7. The van der Waals surface area contributed by atoms with Gasteiger partial charge in [0.1, 0.15) is 5.82 Å². The van der Waals surface area contributed by atoms with Crippen LogP contribution in [0, 0.1) is 17.3 Å². The maximum absolute atomic E-state index is 13.3. The monoisotopic (exact) mass is 386 g/mol. The zero-order valence-corrected chi connectivity index (χ0v) is 18.0. The summed E-state index contributed by atoms with van der Waals surface area (Å²) in [6.45, 7) is 9.00. The van der Waals surface area contributed by atoms with Crippen LogP contribution in [0.1, 0.15) is 39.2 Å². The highest BCUT2D eigenvalue weighted by Crippen LogP contribution is 2.35. The first-order valence-electron chi connectivity index (χ1n) is 9.74. The molecule has 0 aromatic heterocycles. The van der Waals surface area contributed by atoms with Crippen LogP contribution in [-0.4, -0.2) is 8.07 Å². The highest BCUT2D eigenvalue weighted by Gasteiger charge is 2.47. The highest BCUT2D eigenvalue weighted by molar-refractivity contribution is 7.10. The summed E-state index contributed by atoms with van der Waals surface area (Å²) < 4.78 is 13.3. The quantitative estimate of drug-likeness (QED) is 0.410. The lowest BCUT2D eigenvalue weighted by Gasteiger charge is -2.39. The van der Waals surface area contributed by atoms with Crippen molar-refractivity contribution in [2.24, 2.45) is 0 Å². The van der Waals surface area contributed by atoms with Gasteiger partial charge in [0.25, 0.3) is 0 Å². The van der Waals surface area contributed by atoms with E-state index < -0.39 is 8.07 Å². The van der Waals surface area contributed by atoms with E-state index in [0.29, 0.717) is 0 Å². The second-order valence-corrected chi connectivity index (χ2v) is 12.7. The van der Waals surface area contributed by atoms with Crippen LogP contribution in [0.4, 0.5) is 4.39 Å². The van der Waals surface area contributed by atoms with Gasteiger partial charge in [0.15, 0.2) is 0 Å². The van der Waals surface area contributed by atoms with E-state index in [1.807, 2.05) is 12.1 Å². The number of hydrogen-bond acceptors (Lipinski definition) is 0. The van der Waals surface area contributed by atoms with E-state index in [1.54, 1.807) is 0 Å². The van der Waals surface area contributed by atoms with Crippen molar-refractivity contribution in [3.05, 3.63) is 96.3 Å². The van der Waals surface area contributed by atoms with Gasteiger partial charge in [0.05, 0.1) is 0 Å². The van der Waals surface area contributed by atoms with E-state index in [1.165, 1.54) is 22.5 Å². The second kappa shape index (κ2) is 8.16. The molecule has 3 aromatic carbocycles. The predicted molar refractivity (Wildman–Crippen MR) is 120 cm³/mol. The molecule has 28 heavy (non-hydrogen) atoms. The third-order valence-electron chi connectivity index (χ3n) is 5.38. The molecule has 0 nitrogen and oxygen atoms in total. The number of halogens is 1. The van der Waals surface area contributed by atoms with Crippen molar-refractivity contribution < 1.29 is 4.39 Å². The lowest BCUT2D eigenvalue weighted by Crippen LogP contribution is -2.63. The molecule has 2 heteroatoms. The highest BCUT2D eigenvalue weighted by atomic mass is 28.3. The number of benzene rings is 3. The van der Waals surface area contributed by atoms with Crippen LogP contribution in [0.5, 0.6) is 0 Å². The van der Waals surface area contributed by atoms with Crippen molar-refractivity contribution in [1.82, 2.24) is 0 Å². The summed E-state index contributed by atoms with van der Waals surface area (Å²) in [6, 6.07) is 28.1.